The highest BCUT2D eigenvalue weighted by molar-refractivity contribution is 5.76. The molecule has 1 saturated heterocycles. The number of carbonyl (C=O) groups is 2. The number of likely N-dealkylation sites (tertiary alicyclic amines) is 1. The van der Waals surface area contributed by atoms with Crippen molar-refractivity contribution < 1.29 is 19.8 Å². The number of nitrogens with one attached hydrogen (secondary N) is 1. The van der Waals surface area contributed by atoms with Crippen LogP contribution in [0.25, 0.3) is 0 Å². The van der Waals surface area contributed by atoms with Crippen LogP contribution >= 0.6 is 0 Å². The molecule has 6 nitrogen and oxygen atoms in total. The molecule has 6 heteroatoms. The molecule has 1 aliphatic rings. The monoisotopic (exact) mass is 300 g/mol. The highest BCUT2D eigenvalue weighted by atomic mass is 16.4. The number of carboxylic acids is 1. The fraction of sp³-hybridized carbons (Fsp3) is 0.867. The summed E-state index contributed by atoms with van der Waals surface area (Å²) >= 11 is 0. The van der Waals surface area contributed by atoms with Gasteiger partial charge in [-0.25, -0.2) is 4.79 Å². The van der Waals surface area contributed by atoms with E-state index in [1.165, 1.54) is 0 Å². The summed E-state index contributed by atoms with van der Waals surface area (Å²) in [4.78, 5) is 25.0. The number of aliphatic carboxylic acids is 1. The molecule has 0 aromatic heterocycles. The number of nitrogens with zero attached hydrogens (tertiary/aromatic N) is 1. The number of amides is 2. The first-order valence-corrected chi connectivity index (χ1v) is 7.54. The lowest BCUT2D eigenvalue weighted by atomic mass is 9.84. The first-order valence-electron chi connectivity index (χ1n) is 7.54. The summed E-state index contributed by atoms with van der Waals surface area (Å²) in [5.41, 5.74) is -0.0997. The van der Waals surface area contributed by atoms with Crippen LogP contribution in [0.5, 0.6) is 0 Å². The fourth-order valence-corrected chi connectivity index (χ4v) is 2.63. The molecule has 1 fully saturated rings. The number of hydrogen-bond donors (Lipinski definition) is 3. The van der Waals surface area contributed by atoms with Crippen LogP contribution in [0.1, 0.15) is 40.5 Å². The molecule has 3 atom stereocenters. The second-order valence-electron chi connectivity index (χ2n) is 7.27. The van der Waals surface area contributed by atoms with Crippen LogP contribution in [0.15, 0.2) is 0 Å². The molecule has 0 spiro atoms. The lowest BCUT2D eigenvalue weighted by Crippen LogP contribution is -2.50. The van der Waals surface area contributed by atoms with Crippen LogP contribution in [0.2, 0.25) is 0 Å². The number of hydrogen-bond acceptors (Lipinski definition) is 3. The van der Waals surface area contributed by atoms with Crippen LogP contribution in [0.3, 0.4) is 0 Å². The molecule has 1 rings (SSSR count). The first-order chi connectivity index (χ1) is 9.60. The Morgan fingerprint density at radius 3 is 2.48 bits per heavy atom. The average molecular weight is 300 g/mol. The highest BCUT2D eigenvalue weighted by Crippen LogP contribution is 2.24. The zero-order chi connectivity index (χ0) is 16.2. The highest BCUT2D eigenvalue weighted by Gasteiger charge is 2.29. The molecule has 0 aliphatic carbocycles. The fourth-order valence-electron chi connectivity index (χ4n) is 2.63. The van der Waals surface area contributed by atoms with Crippen molar-refractivity contribution in [1.82, 2.24) is 10.2 Å². The van der Waals surface area contributed by atoms with Crippen molar-refractivity contribution in [3.8, 4) is 0 Å². The molecule has 0 aromatic rings. The lowest BCUT2D eigenvalue weighted by Gasteiger charge is -2.34. The van der Waals surface area contributed by atoms with Crippen LogP contribution in [0.4, 0.5) is 4.79 Å². The molecule has 2 amide bonds. The third kappa shape index (κ3) is 5.91. The number of urea groups is 1. The van der Waals surface area contributed by atoms with E-state index in [0.29, 0.717) is 25.9 Å². The van der Waals surface area contributed by atoms with Gasteiger partial charge in [-0.15, -0.1) is 0 Å². The van der Waals surface area contributed by atoms with Gasteiger partial charge in [0.1, 0.15) is 0 Å². The van der Waals surface area contributed by atoms with E-state index in [4.69, 9.17) is 0 Å². The van der Waals surface area contributed by atoms with Gasteiger partial charge >= 0.3 is 12.0 Å². The smallest absolute Gasteiger partial charge is 0.317 e. The summed E-state index contributed by atoms with van der Waals surface area (Å²) < 4.78 is 0. The first kappa shape index (κ1) is 17.8. The van der Waals surface area contributed by atoms with E-state index in [0.717, 1.165) is 0 Å². The Balaban J connectivity index is 2.48. The maximum atomic E-state index is 12.1. The van der Waals surface area contributed by atoms with Crippen molar-refractivity contribution in [1.29, 1.82) is 0 Å². The van der Waals surface area contributed by atoms with Crippen molar-refractivity contribution in [2.75, 3.05) is 19.6 Å². The van der Waals surface area contributed by atoms with E-state index in [1.54, 1.807) is 4.90 Å². The summed E-state index contributed by atoms with van der Waals surface area (Å²) in [5.74, 6) is -1.41. The second-order valence-corrected chi connectivity index (χ2v) is 7.27. The molecule has 0 aromatic carbocycles. The summed E-state index contributed by atoms with van der Waals surface area (Å²) in [7, 11) is 0. The Morgan fingerprint density at radius 2 is 2.00 bits per heavy atom. The van der Waals surface area contributed by atoms with Crippen molar-refractivity contribution in [2.45, 2.75) is 46.6 Å². The number of carbonyl (C=O) groups excluding carboxylic acids is 1. The lowest BCUT2D eigenvalue weighted by molar-refractivity contribution is -0.142. The number of piperidine rings is 1. The number of carboxylic acid groups (broad SMARTS) is 1. The minimum Gasteiger partial charge on any atom is -0.481 e. The molecule has 3 N–H and O–H groups in total. The van der Waals surface area contributed by atoms with E-state index >= 15 is 0 Å². The molecule has 3 unspecified atom stereocenters. The van der Waals surface area contributed by atoms with Crippen LogP contribution in [-0.2, 0) is 4.79 Å². The molecule has 0 radical (unpaired) electrons. The van der Waals surface area contributed by atoms with Gasteiger partial charge in [0.05, 0.1) is 12.0 Å². The third-order valence-electron chi connectivity index (χ3n) is 3.85. The Morgan fingerprint density at radius 1 is 1.38 bits per heavy atom. The number of rotatable bonds is 4. The molecule has 1 aliphatic heterocycles. The quantitative estimate of drug-likeness (QED) is 0.734. The standard InChI is InChI=1S/C15H28N2O4/c1-10-9-17(6-5-12(10)18)14(21)16-8-11(13(19)20)7-15(2,3)4/h10-12,18H,5-9H2,1-4H3,(H,16,21)(H,19,20). The van der Waals surface area contributed by atoms with Gasteiger partial charge in [-0.1, -0.05) is 27.7 Å². The molecule has 0 saturated carbocycles. The van der Waals surface area contributed by atoms with Gasteiger partial charge in [-0.3, -0.25) is 4.79 Å². The minimum absolute atomic E-state index is 0.0503. The predicted octanol–water partition coefficient (Wildman–Crippen LogP) is 1.54. The molecule has 0 bridgehead atoms. The Kier molecular flexibility index (Phi) is 6.01. The third-order valence-corrected chi connectivity index (χ3v) is 3.85. The van der Waals surface area contributed by atoms with E-state index in [1.807, 2.05) is 27.7 Å². The van der Waals surface area contributed by atoms with Gasteiger partial charge in [-0.05, 0) is 24.2 Å². The topological polar surface area (TPSA) is 89.9 Å². The number of aliphatic hydroxyl groups is 1. The molecule has 122 valence electrons. The molecular formula is C15H28N2O4. The molecular weight excluding hydrogens is 272 g/mol. The van der Waals surface area contributed by atoms with Crippen molar-refractivity contribution >= 4 is 12.0 Å². The largest absolute Gasteiger partial charge is 0.481 e. The molecule has 1 heterocycles. The summed E-state index contributed by atoms with van der Waals surface area (Å²) in [6.07, 6.45) is 0.720. The zero-order valence-corrected chi connectivity index (χ0v) is 13.4. The predicted molar refractivity (Wildman–Crippen MR) is 80.0 cm³/mol. The van der Waals surface area contributed by atoms with E-state index in [-0.39, 0.29) is 30.0 Å². The van der Waals surface area contributed by atoms with E-state index < -0.39 is 11.9 Å². The zero-order valence-electron chi connectivity index (χ0n) is 13.4. The van der Waals surface area contributed by atoms with Crippen molar-refractivity contribution in [3.05, 3.63) is 0 Å². The normalized spacial score (nSPS) is 24.5. The Bertz CT molecular complexity index is 378. The van der Waals surface area contributed by atoms with E-state index in [2.05, 4.69) is 5.32 Å². The van der Waals surface area contributed by atoms with Gasteiger partial charge in [0.25, 0.3) is 0 Å². The van der Waals surface area contributed by atoms with Crippen molar-refractivity contribution in [2.24, 2.45) is 17.3 Å². The summed E-state index contributed by atoms with van der Waals surface area (Å²) in [6, 6.07) is -0.242. The van der Waals surface area contributed by atoms with Crippen molar-refractivity contribution in [3.63, 3.8) is 0 Å². The van der Waals surface area contributed by atoms with Gasteiger partial charge < -0.3 is 20.4 Å². The Labute approximate surface area is 126 Å². The van der Waals surface area contributed by atoms with Gasteiger partial charge in [0, 0.05) is 19.6 Å². The van der Waals surface area contributed by atoms with E-state index in [9.17, 15) is 19.8 Å². The van der Waals surface area contributed by atoms with Crippen LogP contribution in [-0.4, -0.2) is 52.9 Å². The van der Waals surface area contributed by atoms with Gasteiger partial charge in [0.15, 0.2) is 0 Å². The molecule has 21 heavy (non-hydrogen) atoms. The van der Waals surface area contributed by atoms with Gasteiger partial charge in [0.2, 0.25) is 0 Å². The minimum atomic E-state index is -0.882. The SMILES string of the molecule is CC1CN(C(=O)NCC(CC(C)(C)C)C(=O)O)CCC1O. The summed E-state index contributed by atoms with van der Waals surface area (Å²) in [6.45, 7) is 9.01. The Hall–Kier alpha value is -1.30. The average Bonchev–Trinajstić information content (AvgIpc) is 2.35. The summed E-state index contributed by atoms with van der Waals surface area (Å²) in [5, 5.41) is 21.6. The maximum absolute atomic E-state index is 12.1. The van der Waals surface area contributed by atoms with Crippen LogP contribution in [0, 0.1) is 17.3 Å². The second kappa shape index (κ2) is 7.11. The number of aliphatic hydroxyl groups excluding tert-OH is 1. The van der Waals surface area contributed by atoms with Crippen LogP contribution < -0.4 is 5.32 Å². The van der Waals surface area contributed by atoms with Gasteiger partial charge in [-0.2, -0.15) is 0 Å². The maximum Gasteiger partial charge on any atom is 0.317 e.